The number of carbonyl (C=O) groups is 2. The number of H-pyrrole nitrogens is 1. The van der Waals surface area contributed by atoms with Crippen LogP contribution in [-0.4, -0.2) is 29.5 Å². The molecule has 0 amide bonds. The summed E-state index contributed by atoms with van der Waals surface area (Å²) in [6.45, 7) is 1.98. The van der Waals surface area contributed by atoms with Gasteiger partial charge >= 0.3 is 5.97 Å². The molecule has 0 fully saturated rings. The summed E-state index contributed by atoms with van der Waals surface area (Å²) >= 11 is 0. The summed E-state index contributed by atoms with van der Waals surface area (Å²) in [6, 6.07) is 21.3. The van der Waals surface area contributed by atoms with Crippen molar-refractivity contribution in [3.63, 3.8) is 0 Å². The fraction of sp³-hybridized carbons (Fsp3) is 0.120. The van der Waals surface area contributed by atoms with Crippen molar-refractivity contribution in [3.05, 3.63) is 101 Å². The number of aryl methyl sites for hydroxylation is 1. The molecule has 0 aliphatic heterocycles. The van der Waals surface area contributed by atoms with E-state index in [0.29, 0.717) is 16.7 Å². The number of phenols is 1. The topological polar surface area (TPSA) is 79.4 Å². The van der Waals surface area contributed by atoms with Crippen LogP contribution in [0.4, 0.5) is 0 Å². The molecule has 3 aromatic carbocycles. The van der Waals surface area contributed by atoms with E-state index in [1.165, 1.54) is 7.11 Å². The molecule has 150 valence electrons. The van der Waals surface area contributed by atoms with Crippen molar-refractivity contribution in [3.8, 4) is 5.75 Å². The van der Waals surface area contributed by atoms with Crippen LogP contribution in [0.25, 0.3) is 10.9 Å². The van der Waals surface area contributed by atoms with E-state index in [1.54, 1.807) is 48.5 Å². The summed E-state index contributed by atoms with van der Waals surface area (Å²) in [4.78, 5) is 28.1. The highest BCUT2D eigenvalue weighted by Gasteiger charge is 2.39. The Kier molecular flexibility index (Phi) is 4.88. The van der Waals surface area contributed by atoms with E-state index in [1.807, 2.05) is 31.2 Å². The normalized spacial score (nSPS) is 13.0. The predicted molar refractivity (Wildman–Crippen MR) is 115 cm³/mol. The molecule has 0 saturated carbocycles. The largest absolute Gasteiger partial charge is 0.508 e. The number of hydrogen-bond donors (Lipinski definition) is 2. The van der Waals surface area contributed by atoms with Crippen molar-refractivity contribution >= 4 is 23.2 Å². The number of para-hydroxylation sites is 1. The SMILES string of the molecule is COC(=O)c1ccc([C@](C=O)(c2ccc(O)cc2)c2[nH]c3ccccc3c2C)cc1. The quantitative estimate of drug-likeness (QED) is 0.382. The van der Waals surface area contributed by atoms with E-state index in [9.17, 15) is 14.7 Å². The van der Waals surface area contributed by atoms with Crippen LogP contribution >= 0.6 is 0 Å². The first kappa shape index (κ1) is 19.5. The molecule has 5 nitrogen and oxygen atoms in total. The molecule has 1 atom stereocenters. The molecule has 4 rings (SSSR count). The number of rotatable bonds is 5. The second kappa shape index (κ2) is 7.52. The number of nitrogens with one attached hydrogen (secondary N) is 1. The Morgan fingerprint density at radius 3 is 2.13 bits per heavy atom. The Hall–Kier alpha value is -3.86. The molecule has 30 heavy (non-hydrogen) atoms. The van der Waals surface area contributed by atoms with Crippen LogP contribution in [0.2, 0.25) is 0 Å². The first-order chi connectivity index (χ1) is 14.5. The minimum Gasteiger partial charge on any atom is -0.508 e. The molecule has 0 radical (unpaired) electrons. The van der Waals surface area contributed by atoms with Gasteiger partial charge < -0.3 is 19.6 Å². The monoisotopic (exact) mass is 399 g/mol. The number of aldehydes is 1. The zero-order valence-electron chi connectivity index (χ0n) is 16.7. The molecule has 0 aliphatic carbocycles. The summed E-state index contributed by atoms with van der Waals surface area (Å²) in [5.74, 6) is -0.322. The molecule has 0 saturated heterocycles. The summed E-state index contributed by atoms with van der Waals surface area (Å²) in [7, 11) is 1.33. The van der Waals surface area contributed by atoms with E-state index in [0.717, 1.165) is 28.4 Å². The summed E-state index contributed by atoms with van der Waals surface area (Å²) < 4.78 is 4.79. The van der Waals surface area contributed by atoms with Crippen molar-refractivity contribution in [1.29, 1.82) is 0 Å². The molecular formula is C25H21NO4. The molecule has 1 aromatic heterocycles. The van der Waals surface area contributed by atoms with E-state index in [2.05, 4.69) is 4.98 Å². The number of aromatic hydroxyl groups is 1. The van der Waals surface area contributed by atoms with Crippen LogP contribution in [0.15, 0.2) is 72.8 Å². The molecule has 0 bridgehead atoms. The van der Waals surface area contributed by atoms with Crippen LogP contribution in [0, 0.1) is 6.92 Å². The van der Waals surface area contributed by atoms with Gasteiger partial charge in [-0.15, -0.1) is 0 Å². The summed E-state index contributed by atoms with van der Waals surface area (Å²) in [5, 5.41) is 10.8. The number of carbonyl (C=O) groups excluding carboxylic acids is 2. The van der Waals surface area contributed by atoms with Gasteiger partial charge in [-0.25, -0.2) is 4.79 Å². The van der Waals surface area contributed by atoms with Gasteiger partial charge in [0.15, 0.2) is 0 Å². The fourth-order valence-electron chi connectivity index (χ4n) is 4.04. The maximum atomic E-state index is 12.8. The van der Waals surface area contributed by atoms with Crippen LogP contribution < -0.4 is 0 Å². The lowest BCUT2D eigenvalue weighted by Gasteiger charge is -2.30. The lowest BCUT2D eigenvalue weighted by molar-refractivity contribution is -0.110. The van der Waals surface area contributed by atoms with E-state index in [-0.39, 0.29) is 5.75 Å². The second-order valence-corrected chi connectivity index (χ2v) is 7.21. The Morgan fingerprint density at radius 2 is 1.57 bits per heavy atom. The molecule has 1 heterocycles. The highest BCUT2D eigenvalue weighted by atomic mass is 16.5. The number of phenolic OH excluding ortho intramolecular Hbond substituents is 1. The predicted octanol–water partition coefficient (Wildman–Crippen LogP) is 4.50. The Bertz CT molecular complexity index is 1220. The number of esters is 1. The van der Waals surface area contributed by atoms with Crippen molar-refractivity contribution in [1.82, 2.24) is 4.98 Å². The van der Waals surface area contributed by atoms with Crippen LogP contribution in [0.1, 0.15) is 32.7 Å². The van der Waals surface area contributed by atoms with Crippen molar-refractivity contribution in [2.45, 2.75) is 12.3 Å². The third-order valence-electron chi connectivity index (χ3n) is 5.62. The first-order valence-electron chi connectivity index (χ1n) is 9.53. The molecule has 5 heteroatoms. The lowest BCUT2D eigenvalue weighted by atomic mass is 9.72. The number of fused-ring (bicyclic) bond motifs is 1. The lowest BCUT2D eigenvalue weighted by Crippen LogP contribution is -2.32. The van der Waals surface area contributed by atoms with Crippen LogP contribution in [-0.2, 0) is 14.9 Å². The van der Waals surface area contributed by atoms with Crippen LogP contribution in [0.5, 0.6) is 5.75 Å². The molecule has 0 spiro atoms. The number of methoxy groups -OCH3 is 1. The van der Waals surface area contributed by atoms with Gasteiger partial charge in [-0.3, -0.25) is 0 Å². The number of hydrogen-bond acceptors (Lipinski definition) is 4. The van der Waals surface area contributed by atoms with Gasteiger partial charge in [0.2, 0.25) is 0 Å². The highest BCUT2D eigenvalue weighted by molar-refractivity contribution is 5.92. The Labute approximate surface area is 173 Å². The highest BCUT2D eigenvalue weighted by Crippen LogP contribution is 2.41. The maximum Gasteiger partial charge on any atom is 0.337 e. The maximum absolute atomic E-state index is 12.8. The molecule has 0 unspecified atom stereocenters. The number of aromatic amines is 1. The van der Waals surface area contributed by atoms with Gasteiger partial charge in [0.05, 0.1) is 12.7 Å². The van der Waals surface area contributed by atoms with Gasteiger partial charge in [0, 0.05) is 16.6 Å². The third kappa shape index (κ3) is 2.95. The summed E-state index contributed by atoms with van der Waals surface area (Å²) in [5.41, 5.74) is 3.30. The third-order valence-corrected chi connectivity index (χ3v) is 5.62. The van der Waals surface area contributed by atoms with E-state index >= 15 is 0 Å². The molecular weight excluding hydrogens is 378 g/mol. The minimum atomic E-state index is -1.15. The van der Waals surface area contributed by atoms with Crippen molar-refractivity contribution < 1.29 is 19.4 Å². The van der Waals surface area contributed by atoms with Crippen molar-refractivity contribution in [2.75, 3.05) is 7.11 Å². The Morgan fingerprint density at radius 1 is 0.967 bits per heavy atom. The van der Waals surface area contributed by atoms with Gasteiger partial charge in [0.25, 0.3) is 0 Å². The van der Waals surface area contributed by atoms with Crippen molar-refractivity contribution in [2.24, 2.45) is 0 Å². The average molecular weight is 399 g/mol. The fourth-order valence-corrected chi connectivity index (χ4v) is 4.04. The zero-order valence-corrected chi connectivity index (χ0v) is 16.7. The van der Waals surface area contributed by atoms with E-state index < -0.39 is 11.4 Å². The van der Waals surface area contributed by atoms with Gasteiger partial charge in [-0.1, -0.05) is 42.5 Å². The minimum absolute atomic E-state index is 0.118. The zero-order chi connectivity index (χ0) is 21.3. The number of ether oxygens (including phenoxy) is 1. The smallest absolute Gasteiger partial charge is 0.337 e. The standard InChI is InChI=1S/C25H21NO4/c1-16-21-5-3-4-6-22(21)26-23(16)25(15-27,19-11-13-20(28)14-12-19)18-9-7-17(8-10-18)24(29)30-2/h3-15,26,28H,1-2H3/t25-/m1/s1. The number of aromatic nitrogens is 1. The molecule has 0 aliphatic rings. The second-order valence-electron chi connectivity index (χ2n) is 7.21. The molecule has 2 N–H and O–H groups in total. The number of benzene rings is 3. The van der Waals surface area contributed by atoms with Gasteiger partial charge in [-0.05, 0) is 53.9 Å². The Balaban J connectivity index is 2.01. The molecule has 4 aromatic rings. The van der Waals surface area contributed by atoms with E-state index in [4.69, 9.17) is 4.74 Å². The van der Waals surface area contributed by atoms with Gasteiger partial charge in [0.1, 0.15) is 17.5 Å². The summed E-state index contributed by atoms with van der Waals surface area (Å²) in [6.07, 6.45) is 0.907. The average Bonchev–Trinajstić information content (AvgIpc) is 3.13. The van der Waals surface area contributed by atoms with Gasteiger partial charge in [-0.2, -0.15) is 0 Å². The van der Waals surface area contributed by atoms with Crippen LogP contribution in [0.3, 0.4) is 0 Å². The first-order valence-corrected chi connectivity index (χ1v) is 9.53.